The van der Waals surface area contributed by atoms with Gasteiger partial charge in [0.05, 0.1) is 0 Å². The Labute approximate surface area is 107 Å². The van der Waals surface area contributed by atoms with Gasteiger partial charge in [-0.1, -0.05) is 24.3 Å². The number of hydrogen-bond donors (Lipinski definition) is 2. The molecule has 2 aliphatic carbocycles. The second-order valence-corrected chi connectivity index (χ2v) is 5.46. The van der Waals surface area contributed by atoms with Crippen LogP contribution in [0.2, 0.25) is 0 Å². The van der Waals surface area contributed by atoms with Gasteiger partial charge in [0.1, 0.15) is 6.04 Å². The van der Waals surface area contributed by atoms with Crippen molar-refractivity contribution in [2.24, 2.45) is 5.92 Å². The molecule has 96 valence electrons. The first-order valence-electron chi connectivity index (χ1n) is 6.82. The minimum Gasteiger partial charge on any atom is -0.480 e. The average molecular weight is 245 g/mol. The van der Waals surface area contributed by atoms with Gasteiger partial charge < -0.3 is 5.11 Å². The number of carbonyl (C=O) groups is 1. The zero-order valence-electron chi connectivity index (χ0n) is 10.4. The van der Waals surface area contributed by atoms with E-state index in [1.807, 2.05) is 6.07 Å². The predicted octanol–water partition coefficient (Wildman–Crippen LogP) is 2.52. The van der Waals surface area contributed by atoms with Gasteiger partial charge in [-0.15, -0.1) is 0 Å². The molecule has 0 saturated heterocycles. The lowest BCUT2D eigenvalue weighted by molar-refractivity contribution is -0.140. The third kappa shape index (κ3) is 2.27. The van der Waals surface area contributed by atoms with E-state index in [0.717, 1.165) is 32.1 Å². The van der Waals surface area contributed by atoms with Gasteiger partial charge in [0.2, 0.25) is 0 Å². The number of rotatable bonds is 4. The van der Waals surface area contributed by atoms with Crippen LogP contribution in [0.4, 0.5) is 0 Å². The summed E-state index contributed by atoms with van der Waals surface area (Å²) in [7, 11) is 0. The van der Waals surface area contributed by atoms with E-state index in [1.54, 1.807) is 0 Å². The van der Waals surface area contributed by atoms with E-state index in [-0.39, 0.29) is 12.1 Å². The summed E-state index contributed by atoms with van der Waals surface area (Å²) in [6.07, 6.45) is 5.42. The van der Waals surface area contributed by atoms with Gasteiger partial charge in [-0.25, -0.2) is 0 Å². The summed E-state index contributed by atoms with van der Waals surface area (Å²) in [6, 6.07) is 8.27. The fourth-order valence-corrected chi connectivity index (χ4v) is 2.98. The van der Waals surface area contributed by atoms with Gasteiger partial charge in [-0.3, -0.25) is 10.1 Å². The number of fused-ring (bicyclic) bond motifs is 1. The van der Waals surface area contributed by atoms with Crippen LogP contribution in [0.15, 0.2) is 24.3 Å². The van der Waals surface area contributed by atoms with Crippen molar-refractivity contribution in [3.05, 3.63) is 35.4 Å². The van der Waals surface area contributed by atoms with Crippen LogP contribution in [-0.4, -0.2) is 17.1 Å². The number of aryl methyl sites for hydroxylation is 1. The van der Waals surface area contributed by atoms with E-state index in [1.165, 1.54) is 11.1 Å². The molecule has 0 heterocycles. The molecule has 3 rings (SSSR count). The highest BCUT2D eigenvalue weighted by Crippen LogP contribution is 2.36. The largest absolute Gasteiger partial charge is 0.480 e. The molecule has 0 aromatic heterocycles. The Kier molecular flexibility index (Phi) is 3.08. The first-order valence-corrected chi connectivity index (χ1v) is 6.82. The lowest BCUT2D eigenvalue weighted by Gasteiger charge is -2.29. The molecule has 0 amide bonds. The van der Waals surface area contributed by atoms with E-state index in [0.29, 0.717) is 5.92 Å². The number of carboxylic acid groups (broad SMARTS) is 1. The molecule has 0 bridgehead atoms. The van der Waals surface area contributed by atoms with Gasteiger partial charge in [0, 0.05) is 6.04 Å². The average Bonchev–Trinajstić information content (AvgIpc) is 3.20. The molecule has 1 aromatic carbocycles. The fraction of sp³-hybridized carbons (Fsp3) is 0.533. The maximum absolute atomic E-state index is 11.3. The Morgan fingerprint density at radius 1 is 1.28 bits per heavy atom. The van der Waals surface area contributed by atoms with Crippen molar-refractivity contribution in [3.8, 4) is 0 Å². The van der Waals surface area contributed by atoms with E-state index >= 15 is 0 Å². The molecule has 2 N–H and O–H groups in total. The van der Waals surface area contributed by atoms with Crippen LogP contribution in [0, 0.1) is 5.92 Å². The SMILES string of the molecule is O=C(O)C(NC1CCCc2ccccc21)C1CC1. The van der Waals surface area contributed by atoms with Crippen molar-refractivity contribution in [2.75, 3.05) is 0 Å². The highest BCUT2D eigenvalue weighted by Gasteiger charge is 2.38. The molecule has 0 spiro atoms. The molecule has 2 aliphatic rings. The Hall–Kier alpha value is -1.35. The Balaban J connectivity index is 1.79. The van der Waals surface area contributed by atoms with Crippen LogP contribution in [0.25, 0.3) is 0 Å². The third-order valence-electron chi connectivity index (χ3n) is 4.11. The summed E-state index contributed by atoms with van der Waals surface area (Å²) in [5.74, 6) is -0.350. The van der Waals surface area contributed by atoms with Crippen molar-refractivity contribution in [1.82, 2.24) is 5.32 Å². The quantitative estimate of drug-likeness (QED) is 0.857. The maximum atomic E-state index is 11.3. The standard InChI is InChI=1S/C15H19NO2/c17-15(18)14(11-8-9-11)16-13-7-3-5-10-4-1-2-6-12(10)13/h1-2,4,6,11,13-14,16H,3,5,7-9H2,(H,17,18). The van der Waals surface area contributed by atoms with E-state index < -0.39 is 5.97 Å². The normalized spacial score (nSPS) is 24.3. The highest BCUT2D eigenvalue weighted by molar-refractivity contribution is 5.74. The first-order chi connectivity index (χ1) is 8.75. The molecule has 0 aliphatic heterocycles. The summed E-state index contributed by atoms with van der Waals surface area (Å²) >= 11 is 0. The van der Waals surface area contributed by atoms with Crippen molar-refractivity contribution < 1.29 is 9.90 Å². The number of hydrogen-bond acceptors (Lipinski definition) is 2. The summed E-state index contributed by atoms with van der Waals surface area (Å²) in [5.41, 5.74) is 2.68. The van der Waals surface area contributed by atoms with E-state index in [4.69, 9.17) is 0 Å². The number of benzene rings is 1. The maximum Gasteiger partial charge on any atom is 0.320 e. The second-order valence-electron chi connectivity index (χ2n) is 5.46. The smallest absolute Gasteiger partial charge is 0.320 e. The summed E-state index contributed by atoms with van der Waals surface area (Å²) < 4.78 is 0. The Morgan fingerprint density at radius 2 is 2.06 bits per heavy atom. The highest BCUT2D eigenvalue weighted by atomic mass is 16.4. The predicted molar refractivity (Wildman–Crippen MR) is 69.4 cm³/mol. The summed E-state index contributed by atoms with van der Waals surface area (Å²) in [6.45, 7) is 0. The Morgan fingerprint density at radius 3 is 2.78 bits per heavy atom. The molecule has 18 heavy (non-hydrogen) atoms. The summed E-state index contributed by atoms with van der Waals surface area (Å²) in [4.78, 5) is 11.3. The molecular formula is C15H19NO2. The molecule has 0 radical (unpaired) electrons. The van der Waals surface area contributed by atoms with Crippen LogP contribution < -0.4 is 5.32 Å². The second kappa shape index (κ2) is 4.73. The zero-order valence-corrected chi connectivity index (χ0v) is 10.4. The molecule has 2 atom stereocenters. The number of carboxylic acids is 1. The molecular weight excluding hydrogens is 226 g/mol. The topological polar surface area (TPSA) is 49.3 Å². The molecule has 3 heteroatoms. The van der Waals surface area contributed by atoms with E-state index in [2.05, 4.69) is 23.5 Å². The van der Waals surface area contributed by atoms with Crippen molar-refractivity contribution in [1.29, 1.82) is 0 Å². The summed E-state index contributed by atoms with van der Waals surface area (Å²) in [5, 5.41) is 12.7. The van der Waals surface area contributed by atoms with Gasteiger partial charge in [-0.2, -0.15) is 0 Å². The van der Waals surface area contributed by atoms with Crippen molar-refractivity contribution in [2.45, 2.75) is 44.2 Å². The molecule has 1 saturated carbocycles. The fourth-order valence-electron chi connectivity index (χ4n) is 2.98. The van der Waals surface area contributed by atoms with Gasteiger partial charge in [0.25, 0.3) is 0 Å². The van der Waals surface area contributed by atoms with Gasteiger partial charge >= 0.3 is 5.97 Å². The van der Waals surface area contributed by atoms with Crippen LogP contribution in [-0.2, 0) is 11.2 Å². The number of aliphatic carboxylic acids is 1. The monoisotopic (exact) mass is 245 g/mol. The lowest BCUT2D eigenvalue weighted by atomic mass is 9.87. The number of nitrogens with one attached hydrogen (secondary N) is 1. The lowest BCUT2D eigenvalue weighted by Crippen LogP contribution is -2.41. The molecule has 3 nitrogen and oxygen atoms in total. The van der Waals surface area contributed by atoms with Crippen molar-refractivity contribution in [3.63, 3.8) is 0 Å². The Bertz CT molecular complexity index is 454. The molecule has 2 unspecified atom stereocenters. The van der Waals surface area contributed by atoms with E-state index in [9.17, 15) is 9.90 Å². The minimum atomic E-state index is -0.694. The molecule has 1 aromatic rings. The van der Waals surface area contributed by atoms with Gasteiger partial charge in [0.15, 0.2) is 0 Å². The van der Waals surface area contributed by atoms with Crippen LogP contribution in [0.5, 0.6) is 0 Å². The third-order valence-corrected chi connectivity index (χ3v) is 4.11. The van der Waals surface area contributed by atoms with Crippen LogP contribution >= 0.6 is 0 Å². The van der Waals surface area contributed by atoms with Crippen LogP contribution in [0.3, 0.4) is 0 Å². The van der Waals surface area contributed by atoms with Crippen LogP contribution in [0.1, 0.15) is 42.9 Å². The molecule has 1 fully saturated rings. The zero-order chi connectivity index (χ0) is 12.5. The van der Waals surface area contributed by atoms with Crippen molar-refractivity contribution >= 4 is 5.97 Å². The minimum absolute atomic E-state index is 0.219. The van der Waals surface area contributed by atoms with Gasteiger partial charge in [-0.05, 0) is 49.1 Å². The first kappa shape index (κ1) is 11.7.